The summed E-state index contributed by atoms with van der Waals surface area (Å²) in [6.45, 7) is 9.09. The van der Waals surface area contributed by atoms with Gasteiger partial charge < -0.3 is 15.0 Å². The first-order valence-corrected chi connectivity index (χ1v) is 10.1. The van der Waals surface area contributed by atoms with Gasteiger partial charge in [0.15, 0.2) is 5.11 Å². The molecule has 0 radical (unpaired) electrons. The second-order valence-electron chi connectivity index (χ2n) is 6.92. The second-order valence-corrected chi connectivity index (χ2v) is 7.30. The van der Waals surface area contributed by atoms with Crippen molar-refractivity contribution in [1.82, 2.24) is 9.80 Å². The lowest BCUT2D eigenvalue weighted by atomic mass is 10.1. The number of esters is 1. The molecule has 1 N–H and O–H groups in total. The Morgan fingerprint density at radius 1 is 1.07 bits per heavy atom. The molecule has 0 spiro atoms. The summed E-state index contributed by atoms with van der Waals surface area (Å²) in [6, 6.07) is 15.8. The van der Waals surface area contributed by atoms with Gasteiger partial charge in [0.05, 0.1) is 12.2 Å². The monoisotopic (exact) mass is 397 g/mol. The molecule has 5 nitrogen and oxygen atoms in total. The predicted molar refractivity (Wildman–Crippen MR) is 117 cm³/mol. The Balaban J connectivity index is 1.48. The van der Waals surface area contributed by atoms with Crippen LogP contribution in [0.2, 0.25) is 0 Å². The van der Waals surface area contributed by atoms with Crippen molar-refractivity contribution in [2.45, 2.75) is 20.4 Å². The van der Waals surface area contributed by atoms with Gasteiger partial charge in [-0.05, 0) is 61.5 Å². The van der Waals surface area contributed by atoms with E-state index < -0.39 is 0 Å². The highest BCUT2D eigenvalue weighted by atomic mass is 32.1. The molecule has 0 saturated carbocycles. The number of carbonyl (C=O) groups excluding carboxylic acids is 1. The fourth-order valence-electron chi connectivity index (χ4n) is 3.24. The fraction of sp³-hybridized carbons (Fsp3) is 0.364. The quantitative estimate of drug-likeness (QED) is 0.613. The fourth-order valence-corrected chi connectivity index (χ4v) is 3.54. The Bertz CT molecular complexity index is 815. The van der Waals surface area contributed by atoms with Crippen LogP contribution in [-0.4, -0.2) is 53.7 Å². The third kappa shape index (κ3) is 5.30. The number of hydrogen-bond acceptors (Lipinski definition) is 4. The molecule has 28 heavy (non-hydrogen) atoms. The van der Waals surface area contributed by atoms with E-state index in [-0.39, 0.29) is 5.97 Å². The molecule has 1 aliphatic rings. The van der Waals surface area contributed by atoms with Crippen LogP contribution in [0, 0.1) is 6.92 Å². The number of rotatable bonds is 5. The number of aryl methyl sites for hydroxylation is 1. The lowest BCUT2D eigenvalue weighted by Crippen LogP contribution is -2.49. The van der Waals surface area contributed by atoms with Crippen molar-refractivity contribution >= 4 is 29.0 Å². The van der Waals surface area contributed by atoms with Crippen molar-refractivity contribution in [3.63, 3.8) is 0 Å². The molecule has 0 amide bonds. The highest BCUT2D eigenvalue weighted by Gasteiger charge is 2.19. The lowest BCUT2D eigenvalue weighted by molar-refractivity contribution is 0.0526. The first kappa shape index (κ1) is 20.3. The minimum Gasteiger partial charge on any atom is -0.462 e. The highest BCUT2D eigenvalue weighted by Crippen LogP contribution is 2.15. The molecule has 2 aromatic rings. The van der Waals surface area contributed by atoms with E-state index in [1.807, 2.05) is 12.1 Å². The van der Waals surface area contributed by atoms with Gasteiger partial charge >= 0.3 is 5.97 Å². The number of thiocarbonyl (C=S) groups is 1. The Kier molecular flexibility index (Phi) is 7.01. The smallest absolute Gasteiger partial charge is 0.338 e. The van der Waals surface area contributed by atoms with E-state index in [2.05, 4.69) is 46.3 Å². The van der Waals surface area contributed by atoms with Crippen LogP contribution in [0.25, 0.3) is 0 Å². The van der Waals surface area contributed by atoms with Gasteiger partial charge in [-0.25, -0.2) is 4.79 Å². The summed E-state index contributed by atoms with van der Waals surface area (Å²) in [5.74, 6) is -0.304. The first-order chi connectivity index (χ1) is 13.6. The summed E-state index contributed by atoms with van der Waals surface area (Å²) in [5.41, 5.74) is 4.15. The maximum atomic E-state index is 11.7. The summed E-state index contributed by atoms with van der Waals surface area (Å²) >= 11 is 5.58. The van der Waals surface area contributed by atoms with Crippen molar-refractivity contribution in [1.29, 1.82) is 0 Å². The van der Waals surface area contributed by atoms with Gasteiger partial charge in [-0.15, -0.1) is 0 Å². The van der Waals surface area contributed by atoms with Crippen molar-refractivity contribution in [2.24, 2.45) is 0 Å². The van der Waals surface area contributed by atoms with Gasteiger partial charge in [-0.3, -0.25) is 4.90 Å². The van der Waals surface area contributed by atoms with E-state index in [0.29, 0.717) is 12.2 Å². The lowest BCUT2D eigenvalue weighted by Gasteiger charge is -2.36. The van der Waals surface area contributed by atoms with Gasteiger partial charge in [-0.1, -0.05) is 24.3 Å². The zero-order valence-corrected chi connectivity index (χ0v) is 17.3. The number of nitrogens with zero attached hydrogens (tertiary/aromatic N) is 2. The van der Waals surface area contributed by atoms with Crippen LogP contribution in [0.15, 0.2) is 48.5 Å². The van der Waals surface area contributed by atoms with E-state index in [9.17, 15) is 4.79 Å². The molecule has 3 rings (SSSR count). The van der Waals surface area contributed by atoms with Gasteiger partial charge in [0, 0.05) is 38.4 Å². The molecule has 2 aromatic carbocycles. The Morgan fingerprint density at radius 3 is 2.39 bits per heavy atom. The zero-order valence-electron chi connectivity index (χ0n) is 16.5. The molecule has 148 valence electrons. The Labute approximate surface area is 172 Å². The molecule has 1 aliphatic heterocycles. The number of hydrogen-bond donors (Lipinski definition) is 1. The molecular formula is C22H27N3O2S. The van der Waals surface area contributed by atoms with Crippen LogP contribution < -0.4 is 5.32 Å². The SMILES string of the molecule is CCOC(=O)c1ccc(NC(=S)N2CCN(Cc3ccccc3C)CC2)cc1. The minimum absolute atomic E-state index is 0.304. The van der Waals surface area contributed by atoms with Crippen LogP contribution in [0.4, 0.5) is 5.69 Å². The van der Waals surface area contributed by atoms with Gasteiger partial charge in [-0.2, -0.15) is 0 Å². The molecule has 1 fully saturated rings. The molecule has 1 saturated heterocycles. The largest absolute Gasteiger partial charge is 0.462 e. The Hall–Kier alpha value is -2.44. The van der Waals surface area contributed by atoms with Crippen molar-refractivity contribution in [2.75, 3.05) is 38.1 Å². The number of nitrogens with one attached hydrogen (secondary N) is 1. The van der Waals surface area contributed by atoms with Crippen LogP contribution in [-0.2, 0) is 11.3 Å². The molecule has 1 heterocycles. The molecule has 0 atom stereocenters. The van der Waals surface area contributed by atoms with Gasteiger partial charge in [0.25, 0.3) is 0 Å². The maximum Gasteiger partial charge on any atom is 0.338 e. The van der Waals surface area contributed by atoms with Gasteiger partial charge in [0.1, 0.15) is 0 Å². The third-order valence-corrected chi connectivity index (χ3v) is 5.32. The standard InChI is InChI=1S/C22H27N3O2S/c1-3-27-21(26)18-8-10-20(11-9-18)23-22(28)25-14-12-24(13-15-25)16-19-7-5-4-6-17(19)2/h4-11H,3,12-16H2,1-2H3,(H,23,28). The third-order valence-electron chi connectivity index (χ3n) is 4.96. The van der Waals surface area contributed by atoms with Crippen LogP contribution in [0.3, 0.4) is 0 Å². The van der Waals surface area contributed by atoms with E-state index in [1.54, 1.807) is 19.1 Å². The Morgan fingerprint density at radius 2 is 1.75 bits per heavy atom. The van der Waals surface area contributed by atoms with E-state index >= 15 is 0 Å². The minimum atomic E-state index is -0.304. The zero-order chi connectivity index (χ0) is 19.9. The summed E-state index contributed by atoms with van der Waals surface area (Å²) in [7, 11) is 0. The van der Waals surface area contributed by atoms with Crippen molar-refractivity contribution in [3.8, 4) is 0 Å². The maximum absolute atomic E-state index is 11.7. The molecule has 0 bridgehead atoms. The molecular weight excluding hydrogens is 370 g/mol. The summed E-state index contributed by atoms with van der Waals surface area (Å²) in [6.07, 6.45) is 0. The first-order valence-electron chi connectivity index (χ1n) is 9.67. The van der Waals surface area contributed by atoms with E-state index in [4.69, 9.17) is 17.0 Å². The van der Waals surface area contributed by atoms with E-state index in [1.165, 1.54) is 11.1 Å². The van der Waals surface area contributed by atoms with Crippen LogP contribution >= 0.6 is 12.2 Å². The number of anilines is 1. The summed E-state index contributed by atoms with van der Waals surface area (Å²) < 4.78 is 5.01. The average Bonchev–Trinajstić information content (AvgIpc) is 2.71. The van der Waals surface area contributed by atoms with E-state index in [0.717, 1.165) is 43.5 Å². The van der Waals surface area contributed by atoms with Crippen LogP contribution in [0.1, 0.15) is 28.4 Å². The topological polar surface area (TPSA) is 44.8 Å². The molecule has 0 unspecified atom stereocenters. The number of piperazine rings is 1. The highest BCUT2D eigenvalue weighted by molar-refractivity contribution is 7.80. The van der Waals surface area contributed by atoms with Crippen molar-refractivity contribution < 1.29 is 9.53 Å². The normalized spacial score (nSPS) is 14.6. The van der Waals surface area contributed by atoms with Gasteiger partial charge in [0.2, 0.25) is 0 Å². The predicted octanol–water partition coefficient (Wildman–Crippen LogP) is 3.69. The number of benzene rings is 2. The second kappa shape index (κ2) is 9.66. The molecule has 6 heteroatoms. The number of ether oxygens (including phenoxy) is 1. The summed E-state index contributed by atoms with van der Waals surface area (Å²) in [4.78, 5) is 16.4. The van der Waals surface area contributed by atoms with Crippen molar-refractivity contribution in [3.05, 3.63) is 65.2 Å². The average molecular weight is 398 g/mol. The molecule has 0 aliphatic carbocycles. The van der Waals surface area contributed by atoms with Crippen LogP contribution in [0.5, 0.6) is 0 Å². The molecule has 0 aromatic heterocycles. The summed E-state index contributed by atoms with van der Waals surface area (Å²) in [5, 5.41) is 3.99. The number of carbonyl (C=O) groups is 1.